The highest BCUT2D eigenvalue weighted by atomic mass is 16.6. The molecule has 0 saturated heterocycles. The molecule has 0 amide bonds. The molecule has 0 unspecified atom stereocenters. The van der Waals surface area contributed by atoms with Crippen LogP contribution in [0.1, 0.15) is 5.56 Å². The van der Waals surface area contributed by atoms with Gasteiger partial charge in [-0.1, -0.05) is 6.07 Å². The molecule has 0 aliphatic rings. The molecule has 0 heterocycles. The lowest BCUT2D eigenvalue weighted by molar-refractivity contribution is -0.393. The van der Waals surface area contributed by atoms with E-state index in [1.807, 2.05) is 0 Å². The van der Waals surface area contributed by atoms with Gasteiger partial charge in [0.2, 0.25) is 0 Å². The molecule has 0 radical (unpaired) electrons. The molecular formula is C14H10N4O5. The summed E-state index contributed by atoms with van der Waals surface area (Å²) < 4.78 is 5.05. The van der Waals surface area contributed by atoms with Gasteiger partial charge in [0.15, 0.2) is 0 Å². The number of non-ortho nitro benzene ring substituents is 1. The molecule has 9 nitrogen and oxygen atoms in total. The monoisotopic (exact) mass is 314 g/mol. The summed E-state index contributed by atoms with van der Waals surface area (Å²) in [5.41, 5.74) is -0.953. The molecule has 9 heteroatoms. The highest BCUT2D eigenvalue weighted by Crippen LogP contribution is 2.35. The van der Waals surface area contributed by atoms with Crippen LogP contribution in [0.25, 0.3) is 0 Å². The standard InChI is InChI=1S/C14H10N4O5/c1-23-12-4-2-3-10(6-12)16-14-9(8-15)5-11(17(19)20)7-13(14)18(21)22/h2-7,16H,1H3. The summed E-state index contributed by atoms with van der Waals surface area (Å²) in [7, 11) is 1.47. The Morgan fingerprint density at radius 3 is 2.48 bits per heavy atom. The lowest BCUT2D eigenvalue weighted by atomic mass is 10.1. The number of nitro groups is 2. The zero-order valence-electron chi connectivity index (χ0n) is 11.8. The van der Waals surface area contributed by atoms with Crippen molar-refractivity contribution in [2.24, 2.45) is 0 Å². The average molecular weight is 314 g/mol. The third kappa shape index (κ3) is 3.33. The van der Waals surface area contributed by atoms with Crippen LogP contribution in [0.4, 0.5) is 22.7 Å². The summed E-state index contributed by atoms with van der Waals surface area (Å²) in [5, 5.41) is 33.9. The van der Waals surface area contributed by atoms with Crippen molar-refractivity contribution >= 4 is 22.7 Å². The van der Waals surface area contributed by atoms with Gasteiger partial charge in [-0.25, -0.2) is 0 Å². The zero-order valence-corrected chi connectivity index (χ0v) is 11.8. The minimum atomic E-state index is -0.789. The number of hydrogen-bond acceptors (Lipinski definition) is 7. The van der Waals surface area contributed by atoms with Crippen molar-refractivity contribution in [2.75, 3.05) is 12.4 Å². The lowest BCUT2D eigenvalue weighted by Crippen LogP contribution is -2.02. The van der Waals surface area contributed by atoms with Gasteiger partial charge in [-0.3, -0.25) is 20.2 Å². The topological polar surface area (TPSA) is 131 Å². The predicted octanol–water partition coefficient (Wildman–Crippen LogP) is 3.13. The predicted molar refractivity (Wildman–Crippen MR) is 80.7 cm³/mol. The number of methoxy groups -OCH3 is 1. The van der Waals surface area contributed by atoms with E-state index in [9.17, 15) is 20.2 Å². The lowest BCUT2D eigenvalue weighted by Gasteiger charge is -2.10. The molecule has 1 N–H and O–H groups in total. The Bertz CT molecular complexity index is 828. The molecule has 2 aromatic carbocycles. The van der Waals surface area contributed by atoms with Crippen molar-refractivity contribution in [1.82, 2.24) is 0 Å². The van der Waals surface area contributed by atoms with Crippen LogP contribution < -0.4 is 10.1 Å². The molecule has 2 aromatic rings. The van der Waals surface area contributed by atoms with Crippen LogP contribution in [0.3, 0.4) is 0 Å². The summed E-state index contributed by atoms with van der Waals surface area (Å²) in [6.45, 7) is 0. The van der Waals surface area contributed by atoms with Gasteiger partial charge in [-0.2, -0.15) is 5.26 Å². The maximum atomic E-state index is 11.2. The molecule has 0 aliphatic heterocycles. The zero-order chi connectivity index (χ0) is 17.0. The number of hydrogen-bond donors (Lipinski definition) is 1. The van der Waals surface area contributed by atoms with Gasteiger partial charge in [0.05, 0.1) is 28.6 Å². The van der Waals surface area contributed by atoms with E-state index in [1.54, 1.807) is 30.3 Å². The van der Waals surface area contributed by atoms with Crippen LogP contribution >= 0.6 is 0 Å². The Balaban J connectivity index is 2.58. The molecule has 0 aromatic heterocycles. The van der Waals surface area contributed by atoms with Crippen molar-refractivity contribution in [1.29, 1.82) is 5.26 Å². The number of nitrogens with one attached hydrogen (secondary N) is 1. The number of nitro benzene ring substituents is 2. The van der Waals surface area contributed by atoms with Crippen molar-refractivity contribution in [2.45, 2.75) is 0 Å². The first-order valence-corrected chi connectivity index (χ1v) is 6.24. The Kier molecular flexibility index (Phi) is 4.37. The van der Waals surface area contributed by atoms with Gasteiger partial charge in [0.25, 0.3) is 5.69 Å². The normalized spacial score (nSPS) is 9.74. The number of rotatable bonds is 5. The van der Waals surface area contributed by atoms with Gasteiger partial charge in [0, 0.05) is 17.8 Å². The third-order valence-electron chi connectivity index (χ3n) is 2.97. The molecule has 0 fully saturated rings. The van der Waals surface area contributed by atoms with E-state index in [1.165, 1.54) is 7.11 Å². The van der Waals surface area contributed by atoms with E-state index >= 15 is 0 Å². The van der Waals surface area contributed by atoms with Crippen LogP contribution in [0, 0.1) is 31.6 Å². The first-order valence-electron chi connectivity index (χ1n) is 6.24. The number of nitriles is 1. The second-order valence-electron chi connectivity index (χ2n) is 4.37. The van der Waals surface area contributed by atoms with E-state index in [0.717, 1.165) is 12.1 Å². The van der Waals surface area contributed by atoms with Gasteiger partial charge >= 0.3 is 5.69 Å². The van der Waals surface area contributed by atoms with Crippen molar-refractivity contribution in [3.8, 4) is 11.8 Å². The number of nitrogens with zero attached hydrogens (tertiary/aromatic N) is 3. The summed E-state index contributed by atoms with van der Waals surface area (Å²) in [6, 6.07) is 10.1. The highest BCUT2D eigenvalue weighted by molar-refractivity contribution is 5.78. The minimum Gasteiger partial charge on any atom is -0.497 e. The van der Waals surface area contributed by atoms with Crippen molar-refractivity contribution in [3.05, 3.63) is 62.2 Å². The van der Waals surface area contributed by atoms with Crippen LogP contribution in [0.2, 0.25) is 0 Å². The van der Waals surface area contributed by atoms with E-state index in [4.69, 9.17) is 10.00 Å². The maximum absolute atomic E-state index is 11.2. The third-order valence-corrected chi connectivity index (χ3v) is 2.97. The second-order valence-corrected chi connectivity index (χ2v) is 4.37. The Morgan fingerprint density at radius 2 is 1.91 bits per heavy atom. The number of benzene rings is 2. The van der Waals surface area contributed by atoms with Crippen LogP contribution in [-0.2, 0) is 0 Å². The first kappa shape index (κ1) is 15.7. The number of anilines is 2. The molecule has 2 rings (SSSR count). The van der Waals surface area contributed by atoms with Crippen LogP contribution in [0.5, 0.6) is 5.75 Å². The largest absolute Gasteiger partial charge is 0.497 e. The average Bonchev–Trinajstić information content (AvgIpc) is 2.54. The quantitative estimate of drug-likeness (QED) is 0.662. The summed E-state index contributed by atoms with van der Waals surface area (Å²) in [6.07, 6.45) is 0. The second kappa shape index (κ2) is 6.40. The number of ether oxygens (including phenoxy) is 1. The molecular weight excluding hydrogens is 304 g/mol. The molecule has 0 saturated carbocycles. The summed E-state index contributed by atoms with van der Waals surface area (Å²) in [5.74, 6) is 0.512. The Morgan fingerprint density at radius 1 is 1.17 bits per heavy atom. The molecule has 116 valence electrons. The van der Waals surface area contributed by atoms with Gasteiger partial charge in [-0.15, -0.1) is 0 Å². The van der Waals surface area contributed by atoms with E-state index < -0.39 is 21.2 Å². The fourth-order valence-electron chi connectivity index (χ4n) is 1.93. The summed E-state index contributed by atoms with van der Waals surface area (Å²) >= 11 is 0. The highest BCUT2D eigenvalue weighted by Gasteiger charge is 2.24. The molecule has 0 aliphatic carbocycles. The molecule has 23 heavy (non-hydrogen) atoms. The minimum absolute atomic E-state index is 0.114. The summed E-state index contributed by atoms with van der Waals surface area (Å²) in [4.78, 5) is 20.5. The molecule has 0 bridgehead atoms. The van der Waals surface area contributed by atoms with Crippen LogP contribution in [0.15, 0.2) is 36.4 Å². The van der Waals surface area contributed by atoms with Crippen molar-refractivity contribution < 1.29 is 14.6 Å². The Hall–Kier alpha value is -3.67. The Labute approximate surface area is 130 Å². The van der Waals surface area contributed by atoms with Crippen LogP contribution in [-0.4, -0.2) is 17.0 Å². The first-order chi connectivity index (χ1) is 11.0. The molecule has 0 spiro atoms. The van der Waals surface area contributed by atoms with Gasteiger partial charge in [0.1, 0.15) is 17.5 Å². The van der Waals surface area contributed by atoms with E-state index in [2.05, 4.69) is 5.32 Å². The van der Waals surface area contributed by atoms with Gasteiger partial charge < -0.3 is 10.1 Å². The van der Waals surface area contributed by atoms with Gasteiger partial charge in [-0.05, 0) is 12.1 Å². The van der Waals surface area contributed by atoms with Crippen molar-refractivity contribution in [3.63, 3.8) is 0 Å². The SMILES string of the molecule is COc1cccc(Nc2c(C#N)cc([N+](=O)[O-])cc2[N+](=O)[O-])c1. The van der Waals surface area contributed by atoms with E-state index in [-0.39, 0.29) is 11.3 Å². The smallest absolute Gasteiger partial charge is 0.300 e. The van der Waals surface area contributed by atoms with E-state index in [0.29, 0.717) is 11.4 Å². The fourth-order valence-corrected chi connectivity index (χ4v) is 1.93. The maximum Gasteiger partial charge on any atom is 0.300 e. The molecule has 0 atom stereocenters. The fraction of sp³-hybridized carbons (Fsp3) is 0.0714.